The minimum absolute atomic E-state index is 0.261. The molecule has 84 valence electrons. The first-order valence-electron chi connectivity index (χ1n) is 5.50. The smallest absolute Gasteiger partial charge is 0.0594 e. The Labute approximate surface area is 86.4 Å². The second kappa shape index (κ2) is 7.17. The summed E-state index contributed by atoms with van der Waals surface area (Å²) in [6, 6.07) is 0. The molecule has 1 heterocycles. The number of aliphatic hydroxyl groups is 1. The molecule has 0 unspecified atom stereocenters. The minimum Gasteiger partial charge on any atom is -0.395 e. The zero-order valence-corrected chi connectivity index (χ0v) is 9.11. The molecule has 4 heteroatoms. The van der Waals surface area contributed by atoms with Gasteiger partial charge in [-0.25, -0.2) is 0 Å². The highest BCUT2D eigenvalue weighted by Gasteiger charge is 2.11. The van der Waals surface area contributed by atoms with Crippen molar-refractivity contribution in [2.24, 2.45) is 0 Å². The molecule has 1 fully saturated rings. The Bertz CT molecular complexity index is 133. The molecule has 0 aromatic rings. The molecule has 0 amide bonds. The van der Waals surface area contributed by atoms with E-state index >= 15 is 0 Å². The van der Waals surface area contributed by atoms with Crippen molar-refractivity contribution in [3.8, 4) is 0 Å². The molecule has 4 nitrogen and oxygen atoms in total. The SMILES string of the molecule is CCN(CCO)CCN1CCOCC1. The molecular weight excluding hydrogens is 180 g/mol. The lowest BCUT2D eigenvalue weighted by Crippen LogP contribution is -2.42. The number of nitrogens with zero attached hydrogens (tertiary/aromatic N) is 2. The van der Waals surface area contributed by atoms with E-state index in [9.17, 15) is 0 Å². The number of hydrogen-bond acceptors (Lipinski definition) is 4. The second-order valence-electron chi connectivity index (χ2n) is 3.61. The lowest BCUT2D eigenvalue weighted by atomic mass is 10.4. The van der Waals surface area contributed by atoms with Crippen molar-refractivity contribution >= 4 is 0 Å². The average molecular weight is 202 g/mol. The van der Waals surface area contributed by atoms with E-state index in [1.54, 1.807) is 0 Å². The molecule has 1 aliphatic rings. The van der Waals surface area contributed by atoms with Crippen LogP contribution in [0.3, 0.4) is 0 Å². The van der Waals surface area contributed by atoms with Crippen LogP contribution in [0.5, 0.6) is 0 Å². The molecule has 1 rings (SSSR count). The van der Waals surface area contributed by atoms with Gasteiger partial charge in [-0.3, -0.25) is 4.90 Å². The van der Waals surface area contributed by atoms with E-state index in [4.69, 9.17) is 9.84 Å². The van der Waals surface area contributed by atoms with Crippen molar-refractivity contribution in [1.82, 2.24) is 9.80 Å². The van der Waals surface area contributed by atoms with Crippen LogP contribution in [0.4, 0.5) is 0 Å². The van der Waals surface area contributed by atoms with Crippen LogP contribution in [-0.4, -0.2) is 74.0 Å². The normalized spacial score (nSPS) is 19.1. The molecule has 0 aliphatic carbocycles. The number of hydrogen-bond donors (Lipinski definition) is 1. The monoisotopic (exact) mass is 202 g/mol. The van der Waals surface area contributed by atoms with E-state index in [-0.39, 0.29) is 6.61 Å². The highest BCUT2D eigenvalue weighted by Crippen LogP contribution is 1.97. The first kappa shape index (κ1) is 11.9. The third-order valence-electron chi connectivity index (χ3n) is 2.70. The van der Waals surface area contributed by atoms with Gasteiger partial charge in [0.25, 0.3) is 0 Å². The van der Waals surface area contributed by atoms with Gasteiger partial charge in [0, 0.05) is 32.7 Å². The Morgan fingerprint density at radius 1 is 1.29 bits per heavy atom. The van der Waals surface area contributed by atoms with E-state index in [1.807, 2.05) is 0 Å². The third-order valence-corrected chi connectivity index (χ3v) is 2.70. The van der Waals surface area contributed by atoms with Crippen LogP contribution in [0.25, 0.3) is 0 Å². The Hall–Kier alpha value is -0.160. The van der Waals surface area contributed by atoms with Crippen molar-refractivity contribution in [3.05, 3.63) is 0 Å². The summed E-state index contributed by atoms with van der Waals surface area (Å²) in [7, 11) is 0. The minimum atomic E-state index is 0.261. The topological polar surface area (TPSA) is 35.9 Å². The first-order valence-corrected chi connectivity index (χ1v) is 5.50. The van der Waals surface area contributed by atoms with Gasteiger partial charge < -0.3 is 14.7 Å². The Kier molecular flexibility index (Phi) is 6.10. The van der Waals surface area contributed by atoms with Crippen molar-refractivity contribution in [3.63, 3.8) is 0 Å². The Morgan fingerprint density at radius 3 is 2.57 bits per heavy atom. The summed E-state index contributed by atoms with van der Waals surface area (Å²) in [5, 5.41) is 8.83. The fraction of sp³-hybridized carbons (Fsp3) is 1.00. The Balaban J connectivity index is 2.10. The van der Waals surface area contributed by atoms with Gasteiger partial charge >= 0.3 is 0 Å². The van der Waals surface area contributed by atoms with Crippen LogP contribution in [0.2, 0.25) is 0 Å². The third kappa shape index (κ3) is 4.37. The van der Waals surface area contributed by atoms with Gasteiger partial charge in [0.05, 0.1) is 19.8 Å². The van der Waals surface area contributed by atoms with E-state index in [1.165, 1.54) is 0 Å². The maximum absolute atomic E-state index is 8.83. The molecule has 14 heavy (non-hydrogen) atoms. The fourth-order valence-electron chi connectivity index (χ4n) is 1.68. The molecule has 0 saturated carbocycles. The molecule has 1 saturated heterocycles. The van der Waals surface area contributed by atoms with Crippen LogP contribution < -0.4 is 0 Å². The predicted octanol–water partition coefficient (Wildman–Crippen LogP) is -0.367. The molecule has 0 aromatic heterocycles. The molecule has 0 aromatic carbocycles. The molecule has 0 bridgehead atoms. The average Bonchev–Trinajstić information content (AvgIpc) is 2.25. The summed E-state index contributed by atoms with van der Waals surface area (Å²) in [5.41, 5.74) is 0. The van der Waals surface area contributed by atoms with Crippen LogP contribution in [0.15, 0.2) is 0 Å². The fourth-order valence-corrected chi connectivity index (χ4v) is 1.68. The lowest BCUT2D eigenvalue weighted by Gasteiger charge is -2.29. The van der Waals surface area contributed by atoms with Crippen LogP contribution >= 0.6 is 0 Å². The van der Waals surface area contributed by atoms with Crippen LogP contribution in [-0.2, 0) is 4.74 Å². The Morgan fingerprint density at radius 2 is 2.00 bits per heavy atom. The maximum atomic E-state index is 8.83. The van der Waals surface area contributed by atoms with E-state index in [0.29, 0.717) is 0 Å². The molecule has 0 atom stereocenters. The molecule has 1 N–H and O–H groups in total. The number of ether oxygens (including phenoxy) is 1. The molecule has 0 radical (unpaired) electrons. The summed E-state index contributed by atoms with van der Waals surface area (Å²) < 4.78 is 5.29. The summed E-state index contributed by atoms with van der Waals surface area (Å²) in [6.45, 7) is 10.2. The van der Waals surface area contributed by atoms with Crippen molar-refractivity contribution in [2.75, 3.05) is 59.1 Å². The molecular formula is C10H22N2O2. The van der Waals surface area contributed by atoms with Crippen molar-refractivity contribution < 1.29 is 9.84 Å². The van der Waals surface area contributed by atoms with Gasteiger partial charge in [-0.05, 0) is 6.54 Å². The van der Waals surface area contributed by atoms with Gasteiger partial charge in [-0.1, -0.05) is 6.92 Å². The first-order chi connectivity index (χ1) is 6.86. The zero-order chi connectivity index (χ0) is 10.2. The predicted molar refractivity (Wildman–Crippen MR) is 56.5 cm³/mol. The zero-order valence-electron chi connectivity index (χ0n) is 9.11. The van der Waals surface area contributed by atoms with Gasteiger partial charge in [0.1, 0.15) is 0 Å². The van der Waals surface area contributed by atoms with Crippen LogP contribution in [0.1, 0.15) is 6.92 Å². The van der Waals surface area contributed by atoms with Gasteiger partial charge in [-0.15, -0.1) is 0 Å². The lowest BCUT2D eigenvalue weighted by molar-refractivity contribution is 0.0328. The van der Waals surface area contributed by atoms with Crippen LogP contribution in [0, 0.1) is 0 Å². The maximum Gasteiger partial charge on any atom is 0.0594 e. The number of likely N-dealkylation sites (N-methyl/N-ethyl adjacent to an activating group) is 1. The number of aliphatic hydroxyl groups excluding tert-OH is 1. The summed E-state index contributed by atoms with van der Waals surface area (Å²) in [6.07, 6.45) is 0. The summed E-state index contributed by atoms with van der Waals surface area (Å²) in [4.78, 5) is 4.69. The van der Waals surface area contributed by atoms with Gasteiger partial charge in [0.15, 0.2) is 0 Å². The van der Waals surface area contributed by atoms with E-state index in [0.717, 1.165) is 52.5 Å². The summed E-state index contributed by atoms with van der Waals surface area (Å²) >= 11 is 0. The van der Waals surface area contributed by atoms with E-state index in [2.05, 4.69) is 16.7 Å². The standard InChI is InChI=1S/C10H22N2O2/c1-2-11(5-8-13)3-4-12-6-9-14-10-7-12/h13H,2-10H2,1H3. The molecule has 0 spiro atoms. The van der Waals surface area contributed by atoms with Gasteiger partial charge in [-0.2, -0.15) is 0 Å². The quantitative estimate of drug-likeness (QED) is 0.638. The van der Waals surface area contributed by atoms with Crippen molar-refractivity contribution in [1.29, 1.82) is 0 Å². The number of rotatable bonds is 6. The van der Waals surface area contributed by atoms with Gasteiger partial charge in [0.2, 0.25) is 0 Å². The van der Waals surface area contributed by atoms with E-state index < -0.39 is 0 Å². The largest absolute Gasteiger partial charge is 0.395 e. The molecule has 1 aliphatic heterocycles. The van der Waals surface area contributed by atoms with Crippen molar-refractivity contribution in [2.45, 2.75) is 6.92 Å². The number of morpholine rings is 1. The highest BCUT2D eigenvalue weighted by atomic mass is 16.5. The second-order valence-corrected chi connectivity index (χ2v) is 3.61. The highest BCUT2D eigenvalue weighted by molar-refractivity contribution is 4.64. The summed E-state index contributed by atoms with van der Waals surface area (Å²) in [5.74, 6) is 0.